The molecule has 3 nitrogen and oxygen atoms in total. The zero-order valence-corrected chi connectivity index (χ0v) is 8.50. The highest BCUT2D eigenvalue weighted by Crippen LogP contribution is 2.28. The normalized spacial score (nSPS) is 10.1. The Balaban J connectivity index is 3.26. The monoisotopic (exact) mass is 193 g/mol. The molecule has 0 saturated heterocycles. The first kappa shape index (κ1) is 10.6. The van der Waals surface area contributed by atoms with Crippen molar-refractivity contribution in [3.63, 3.8) is 0 Å². The molecular formula is C11H15NO2. The van der Waals surface area contributed by atoms with Crippen molar-refractivity contribution in [3.05, 3.63) is 23.3 Å². The van der Waals surface area contributed by atoms with Crippen LogP contribution in [0.5, 0.6) is 5.75 Å². The molecule has 0 aliphatic rings. The number of carbonyl (C=O) groups excluding carboxylic acids is 1. The van der Waals surface area contributed by atoms with Gasteiger partial charge in [-0.25, -0.2) is 0 Å². The predicted octanol–water partition coefficient (Wildman–Crippen LogP) is 2.13. The van der Waals surface area contributed by atoms with Gasteiger partial charge in [-0.15, -0.1) is 0 Å². The van der Waals surface area contributed by atoms with Gasteiger partial charge in [0.1, 0.15) is 5.75 Å². The topological polar surface area (TPSA) is 63.3 Å². The van der Waals surface area contributed by atoms with Crippen molar-refractivity contribution in [2.75, 3.05) is 5.73 Å². The van der Waals surface area contributed by atoms with Gasteiger partial charge in [0.15, 0.2) is 5.78 Å². The van der Waals surface area contributed by atoms with Crippen LogP contribution in [0, 0.1) is 0 Å². The summed E-state index contributed by atoms with van der Waals surface area (Å²) in [5, 5.41) is 9.54. The minimum absolute atomic E-state index is 0.0696. The van der Waals surface area contributed by atoms with E-state index in [-0.39, 0.29) is 11.5 Å². The molecule has 0 fully saturated rings. The number of aromatic hydroxyl groups is 1. The molecule has 0 aliphatic heterocycles. The maximum Gasteiger partial charge on any atom is 0.161 e. The quantitative estimate of drug-likeness (QED) is 0.571. The van der Waals surface area contributed by atoms with Crippen LogP contribution in [0.1, 0.15) is 36.2 Å². The lowest BCUT2D eigenvalue weighted by atomic mass is 10.0. The van der Waals surface area contributed by atoms with Gasteiger partial charge in [-0.3, -0.25) is 4.79 Å². The third-order valence-electron chi connectivity index (χ3n) is 2.21. The largest absolute Gasteiger partial charge is 0.508 e. The van der Waals surface area contributed by atoms with Crippen LogP contribution in [0.4, 0.5) is 5.69 Å². The van der Waals surface area contributed by atoms with Crippen LogP contribution >= 0.6 is 0 Å². The van der Waals surface area contributed by atoms with E-state index in [0.29, 0.717) is 23.2 Å². The summed E-state index contributed by atoms with van der Waals surface area (Å²) in [4.78, 5) is 11.2. The second-order valence-electron chi connectivity index (χ2n) is 3.33. The van der Waals surface area contributed by atoms with Gasteiger partial charge in [-0.05, 0) is 25.5 Å². The molecule has 76 valence electrons. The van der Waals surface area contributed by atoms with E-state index in [1.807, 2.05) is 6.92 Å². The number of Topliss-reactive ketones (excluding diaryl/α,β-unsaturated/α-hetero) is 1. The Labute approximate surface area is 83.6 Å². The molecule has 0 radical (unpaired) electrons. The Morgan fingerprint density at radius 2 is 2.14 bits per heavy atom. The van der Waals surface area contributed by atoms with Crippen LogP contribution < -0.4 is 5.73 Å². The number of benzene rings is 1. The molecule has 0 spiro atoms. The van der Waals surface area contributed by atoms with Crippen molar-refractivity contribution < 1.29 is 9.90 Å². The molecule has 0 unspecified atom stereocenters. The number of anilines is 1. The molecular weight excluding hydrogens is 178 g/mol. The van der Waals surface area contributed by atoms with E-state index in [9.17, 15) is 9.90 Å². The first-order chi connectivity index (χ1) is 6.57. The first-order valence-electron chi connectivity index (χ1n) is 4.69. The van der Waals surface area contributed by atoms with Gasteiger partial charge < -0.3 is 10.8 Å². The number of nitrogens with two attached hydrogens (primary N) is 1. The van der Waals surface area contributed by atoms with Gasteiger partial charge in [-0.2, -0.15) is 0 Å². The summed E-state index contributed by atoms with van der Waals surface area (Å²) in [7, 11) is 0. The zero-order chi connectivity index (χ0) is 10.7. The standard InChI is InChI=1S/C11H15NO2/c1-3-4-9-10(14)6-5-8(7(2)13)11(9)12/h5-6,14H,3-4,12H2,1-2H3. The predicted molar refractivity (Wildman–Crippen MR) is 56.5 cm³/mol. The Hall–Kier alpha value is -1.51. The Kier molecular flexibility index (Phi) is 3.12. The van der Waals surface area contributed by atoms with Gasteiger partial charge in [0.25, 0.3) is 0 Å². The first-order valence-corrected chi connectivity index (χ1v) is 4.69. The molecule has 3 heteroatoms. The molecule has 0 aliphatic carbocycles. The molecule has 0 atom stereocenters. The van der Waals surface area contributed by atoms with Crippen LogP contribution in [0.25, 0.3) is 0 Å². The number of phenolic OH excluding ortho intramolecular Hbond substituents is 1. The highest BCUT2D eigenvalue weighted by molar-refractivity contribution is 6.00. The zero-order valence-electron chi connectivity index (χ0n) is 8.50. The second-order valence-corrected chi connectivity index (χ2v) is 3.33. The molecule has 1 aromatic carbocycles. The van der Waals surface area contributed by atoms with Crippen molar-refractivity contribution in [3.8, 4) is 5.75 Å². The Morgan fingerprint density at radius 1 is 1.50 bits per heavy atom. The number of nitrogen functional groups attached to an aromatic ring is 1. The lowest BCUT2D eigenvalue weighted by Gasteiger charge is -2.10. The van der Waals surface area contributed by atoms with E-state index in [1.54, 1.807) is 6.07 Å². The highest BCUT2D eigenvalue weighted by Gasteiger charge is 2.11. The van der Waals surface area contributed by atoms with Gasteiger partial charge in [0.05, 0.1) is 0 Å². The lowest BCUT2D eigenvalue weighted by molar-refractivity contribution is 0.101. The second kappa shape index (κ2) is 4.13. The average molecular weight is 193 g/mol. The van der Waals surface area contributed by atoms with Gasteiger partial charge in [0, 0.05) is 16.8 Å². The molecule has 1 rings (SSSR count). The van der Waals surface area contributed by atoms with E-state index in [2.05, 4.69) is 0 Å². The summed E-state index contributed by atoms with van der Waals surface area (Å²) in [5.74, 6) is 0.106. The summed E-state index contributed by atoms with van der Waals surface area (Å²) in [6.07, 6.45) is 1.58. The average Bonchev–Trinajstić information content (AvgIpc) is 2.11. The Bertz CT molecular complexity index is 359. The number of rotatable bonds is 3. The van der Waals surface area contributed by atoms with Crippen LogP contribution in [0.15, 0.2) is 12.1 Å². The van der Waals surface area contributed by atoms with Gasteiger partial charge >= 0.3 is 0 Å². The van der Waals surface area contributed by atoms with Crippen LogP contribution in [-0.2, 0) is 6.42 Å². The summed E-state index contributed by atoms with van der Waals surface area (Å²) < 4.78 is 0. The number of hydrogen-bond donors (Lipinski definition) is 2. The summed E-state index contributed by atoms with van der Waals surface area (Å²) in [6, 6.07) is 3.09. The molecule has 14 heavy (non-hydrogen) atoms. The fourth-order valence-corrected chi connectivity index (χ4v) is 1.47. The van der Waals surface area contributed by atoms with Crippen molar-refractivity contribution >= 4 is 11.5 Å². The van der Waals surface area contributed by atoms with Crippen molar-refractivity contribution in [2.45, 2.75) is 26.7 Å². The third-order valence-corrected chi connectivity index (χ3v) is 2.21. The van der Waals surface area contributed by atoms with Crippen molar-refractivity contribution in [1.82, 2.24) is 0 Å². The van der Waals surface area contributed by atoms with Crippen molar-refractivity contribution in [1.29, 1.82) is 0 Å². The van der Waals surface area contributed by atoms with E-state index in [4.69, 9.17) is 5.73 Å². The number of ketones is 1. The van der Waals surface area contributed by atoms with Crippen LogP contribution in [0.2, 0.25) is 0 Å². The number of phenols is 1. The summed E-state index contributed by atoms with van der Waals surface area (Å²) >= 11 is 0. The Morgan fingerprint density at radius 3 is 2.64 bits per heavy atom. The molecule has 0 amide bonds. The third kappa shape index (κ3) is 1.87. The lowest BCUT2D eigenvalue weighted by Crippen LogP contribution is -2.03. The van der Waals surface area contributed by atoms with E-state index in [0.717, 1.165) is 6.42 Å². The number of carbonyl (C=O) groups is 1. The van der Waals surface area contributed by atoms with Gasteiger partial charge in [-0.1, -0.05) is 13.3 Å². The molecule has 0 bridgehead atoms. The van der Waals surface area contributed by atoms with E-state index < -0.39 is 0 Å². The minimum atomic E-state index is -0.0696. The highest BCUT2D eigenvalue weighted by atomic mass is 16.3. The molecule has 0 saturated carbocycles. The number of hydrogen-bond acceptors (Lipinski definition) is 3. The SMILES string of the molecule is CCCc1c(O)ccc(C(C)=O)c1N. The molecule has 0 heterocycles. The van der Waals surface area contributed by atoms with Crippen LogP contribution in [0.3, 0.4) is 0 Å². The maximum absolute atomic E-state index is 11.2. The summed E-state index contributed by atoms with van der Waals surface area (Å²) in [6.45, 7) is 3.47. The molecule has 0 aromatic heterocycles. The van der Waals surface area contributed by atoms with Crippen LogP contribution in [-0.4, -0.2) is 10.9 Å². The maximum atomic E-state index is 11.2. The van der Waals surface area contributed by atoms with E-state index in [1.165, 1.54) is 13.0 Å². The fourth-order valence-electron chi connectivity index (χ4n) is 1.47. The fraction of sp³-hybridized carbons (Fsp3) is 0.364. The van der Waals surface area contributed by atoms with Gasteiger partial charge in [0.2, 0.25) is 0 Å². The molecule has 1 aromatic rings. The summed E-state index contributed by atoms with van der Waals surface area (Å²) in [5.41, 5.74) is 7.38. The minimum Gasteiger partial charge on any atom is -0.508 e. The molecule has 3 N–H and O–H groups in total. The van der Waals surface area contributed by atoms with Crippen molar-refractivity contribution in [2.24, 2.45) is 0 Å². The van der Waals surface area contributed by atoms with E-state index >= 15 is 0 Å². The smallest absolute Gasteiger partial charge is 0.161 e.